The quantitative estimate of drug-likeness (QED) is 0.293. The van der Waals surface area contributed by atoms with Gasteiger partial charge in [0.1, 0.15) is 0 Å². The molecule has 152 valence electrons. The molecule has 4 N–H and O–H groups in total. The first-order valence-corrected chi connectivity index (χ1v) is 10.7. The van der Waals surface area contributed by atoms with Crippen LogP contribution < -0.4 is 21.7 Å². The van der Waals surface area contributed by atoms with Gasteiger partial charge in [-0.15, -0.1) is 0 Å². The molecule has 0 unspecified atom stereocenters. The number of amides is 4. The lowest BCUT2D eigenvalue weighted by Crippen LogP contribution is -2.42. The number of benzene rings is 2. The first-order chi connectivity index (χ1) is 13.9. The highest BCUT2D eigenvalue weighted by atomic mass is 127. The van der Waals surface area contributed by atoms with Crippen molar-refractivity contribution < 1.29 is 19.2 Å². The summed E-state index contributed by atoms with van der Waals surface area (Å²) in [6.07, 6.45) is 0.351. The smallest absolute Gasteiger partial charge is 0.270 e. The third kappa shape index (κ3) is 7.61. The molecule has 0 saturated heterocycles. The summed E-state index contributed by atoms with van der Waals surface area (Å²) < 4.78 is 1.53. The van der Waals surface area contributed by atoms with E-state index in [1.165, 1.54) is 0 Å². The molecule has 2 rings (SSSR count). The molecular weight excluding hydrogens is 602 g/mol. The van der Waals surface area contributed by atoms with Crippen molar-refractivity contribution in [2.45, 2.75) is 19.3 Å². The first-order valence-electron chi connectivity index (χ1n) is 8.56. The number of hydrogen-bond donors (Lipinski definition) is 4. The van der Waals surface area contributed by atoms with E-state index >= 15 is 0 Å². The van der Waals surface area contributed by atoms with Crippen LogP contribution in [0.25, 0.3) is 0 Å². The molecule has 0 fully saturated rings. The Hall–Kier alpha value is -2.22. The van der Waals surface area contributed by atoms with Crippen LogP contribution in [0.3, 0.4) is 0 Å². The number of hydrogen-bond acceptors (Lipinski definition) is 4. The lowest BCUT2D eigenvalue weighted by molar-refractivity contribution is -0.123. The lowest BCUT2D eigenvalue weighted by atomic mass is 10.2. The zero-order chi connectivity index (χ0) is 21.2. The largest absolute Gasteiger partial charge is 0.273 e. The van der Waals surface area contributed by atoms with Gasteiger partial charge in [0.15, 0.2) is 0 Å². The van der Waals surface area contributed by atoms with Crippen LogP contribution >= 0.6 is 45.2 Å². The number of nitrogens with one attached hydrogen (secondary N) is 4. The van der Waals surface area contributed by atoms with E-state index in [4.69, 9.17) is 0 Å². The van der Waals surface area contributed by atoms with Gasteiger partial charge in [0.2, 0.25) is 11.8 Å². The van der Waals surface area contributed by atoms with E-state index in [0.717, 1.165) is 7.14 Å². The zero-order valence-electron chi connectivity index (χ0n) is 15.1. The Morgan fingerprint density at radius 2 is 1.00 bits per heavy atom. The number of halogens is 2. The van der Waals surface area contributed by atoms with Crippen molar-refractivity contribution in [3.8, 4) is 0 Å². The van der Waals surface area contributed by atoms with Gasteiger partial charge >= 0.3 is 0 Å². The minimum Gasteiger partial charge on any atom is -0.273 e. The number of rotatable bonds is 6. The Balaban J connectivity index is 1.65. The Morgan fingerprint density at radius 3 is 1.38 bits per heavy atom. The van der Waals surface area contributed by atoms with Gasteiger partial charge < -0.3 is 0 Å². The molecule has 4 amide bonds. The van der Waals surface area contributed by atoms with Gasteiger partial charge in [-0.25, -0.2) is 0 Å². The van der Waals surface area contributed by atoms with E-state index in [0.29, 0.717) is 11.1 Å². The van der Waals surface area contributed by atoms with E-state index < -0.39 is 23.6 Å². The molecule has 8 nitrogen and oxygen atoms in total. The number of hydrazine groups is 2. The van der Waals surface area contributed by atoms with Gasteiger partial charge in [-0.1, -0.05) is 24.3 Å². The van der Waals surface area contributed by atoms with Crippen molar-refractivity contribution in [1.29, 1.82) is 0 Å². The Labute approximate surface area is 194 Å². The number of carbonyl (C=O) groups is 4. The molecule has 0 aromatic heterocycles. The maximum absolute atomic E-state index is 12.0. The highest BCUT2D eigenvalue weighted by Crippen LogP contribution is 2.11. The average Bonchev–Trinajstić information content (AvgIpc) is 2.71. The van der Waals surface area contributed by atoms with E-state index in [9.17, 15) is 19.2 Å². The minimum absolute atomic E-state index is 0.0457. The van der Waals surface area contributed by atoms with Gasteiger partial charge in [0.25, 0.3) is 11.8 Å². The highest BCUT2D eigenvalue weighted by molar-refractivity contribution is 14.1. The molecule has 29 heavy (non-hydrogen) atoms. The van der Waals surface area contributed by atoms with Gasteiger partial charge in [0, 0.05) is 20.0 Å². The molecular formula is C19H18I2N4O4. The SMILES string of the molecule is O=C(CCCC(=O)NNC(=O)c1ccccc1I)NNC(=O)c1ccccc1I. The van der Waals surface area contributed by atoms with E-state index in [2.05, 4.69) is 21.7 Å². The van der Waals surface area contributed by atoms with Crippen LogP contribution in [0.5, 0.6) is 0 Å². The van der Waals surface area contributed by atoms with Crippen LogP contribution in [-0.4, -0.2) is 23.6 Å². The average molecular weight is 620 g/mol. The highest BCUT2D eigenvalue weighted by Gasteiger charge is 2.12. The van der Waals surface area contributed by atoms with Crippen molar-refractivity contribution in [2.24, 2.45) is 0 Å². The zero-order valence-corrected chi connectivity index (χ0v) is 19.4. The fraction of sp³-hybridized carbons (Fsp3) is 0.158. The fourth-order valence-corrected chi connectivity index (χ4v) is 3.48. The molecule has 0 bridgehead atoms. The Morgan fingerprint density at radius 1 is 0.621 bits per heavy atom. The normalized spacial score (nSPS) is 10.0. The molecule has 0 heterocycles. The molecule has 0 aliphatic heterocycles. The maximum Gasteiger partial charge on any atom is 0.270 e. The summed E-state index contributed by atoms with van der Waals surface area (Å²) in [5, 5.41) is 0. The molecule has 0 atom stereocenters. The van der Waals surface area contributed by atoms with Crippen molar-refractivity contribution in [3.63, 3.8) is 0 Å². The van der Waals surface area contributed by atoms with Gasteiger partial charge in [-0.3, -0.25) is 40.9 Å². The van der Waals surface area contributed by atoms with E-state index in [-0.39, 0.29) is 19.3 Å². The summed E-state index contributed by atoms with van der Waals surface area (Å²) in [6.45, 7) is 0. The summed E-state index contributed by atoms with van der Waals surface area (Å²) in [4.78, 5) is 47.6. The van der Waals surface area contributed by atoms with Gasteiger partial charge in [-0.2, -0.15) is 0 Å². The summed E-state index contributed by atoms with van der Waals surface area (Å²) in [5.74, 6) is -1.67. The maximum atomic E-state index is 12.0. The van der Waals surface area contributed by atoms with Crippen LogP contribution in [0.4, 0.5) is 0 Å². The Kier molecular flexibility index (Phi) is 9.31. The molecule has 2 aromatic carbocycles. The van der Waals surface area contributed by atoms with Crippen molar-refractivity contribution in [3.05, 3.63) is 66.8 Å². The molecule has 10 heteroatoms. The van der Waals surface area contributed by atoms with Gasteiger partial charge in [-0.05, 0) is 75.9 Å². The van der Waals surface area contributed by atoms with Crippen LogP contribution in [0.15, 0.2) is 48.5 Å². The summed E-state index contributed by atoms with van der Waals surface area (Å²) in [6, 6.07) is 14.0. The number of carbonyl (C=O) groups excluding carboxylic acids is 4. The second-order valence-corrected chi connectivity index (χ2v) is 8.14. The van der Waals surface area contributed by atoms with Crippen LogP contribution in [-0.2, 0) is 9.59 Å². The minimum atomic E-state index is -0.417. The summed E-state index contributed by atoms with van der Waals surface area (Å²) >= 11 is 4.06. The molecule has 0 radical (unpaired) electrons. The topological polar surface area (TPSA) is 116 Å². The Bertz CT molecular complexity index is 847. The third-order valence-electron chi connectivity index (χ3n) is 3.68. The van der Waals surface area contributed by atoms with Crippen molar-refractivity contribution >= 4 is 68.8 Å². The summed E-state index contributed by atoms with van der Waals surface area (Å²) in [7, 11) is 0. The van der Waals surface area contributed by atoms with Gasteiger partial charge in [0.05, 0.1) is 11.1 Å². The third-order valence-corrected chi connectivity index (χ3v) is 5.56. The monoisotopic (exact) mass is 620 g/mol. The molecule has 0 spiro atoms. The van der Waals surface area contributed by atoms with E-state index in [1.54, 1.807) is 36.4 Å². The fourth-order valence-electron chi connectivity index (χ4n) is 2.21. The van der Waals surface area contributed by atoms with Crippen LogP contribution in [0.1, 0.15) is 40.0 Å². The molecule has 0 aliphatic carbocycles. The predicted molar refractivity (Wildman–Crippen MR) is 123 cm³/mol. The molecule has 0 saturated carbocycles. The van der Waals surface area contributed by atoms with Crippen molar-refractivity contribution in [2.75, 3.05) is 0 Å². The molecule has 0 aliphatic rings. The predicted octanol–water partition coefficient (Wildman–Crippen LogP) is 2.29. The second kappa shape index (κ2) is 11.7. The molecule has 2 aromatic rings. The second-order valence-electron chi connectivity index (χ2n) is 5.82. The standard InChI is InChI=1S/C19H18I2N4O4/c20-14-8-3-1-6-12(14)18(28)24-22-16(26)10-5-11-17(27)23-25-19(29)13-7-2-4-9-15(13)21/h1-4,6-9H,5,10-11H2,(H,22,26)(H,23,27)(H,24,28)(H,25,29). The summed E-state index contributed by atoms with van der Waals surface area (Å²) in [5.41, 5.74) is 10.2. The lowest BCUT2D eigenvalue weighted by Gasteiger charge is -2.09. The van der Waals surface area contributed by atoms with E-state index in [1.807, 2.05) is 57.3 Å². The van der Waals surface area contributed by atoms with Crippen molar-refractivity contribution in [1.82, 2.24) is 21.7 Å². The van der Waals surface area contributed by atoms with Crippen LogP contribution in [0.2, 0.25) is 0 Å². The first kappa shape index (κ1) is 23.1. The van der Waals surface area contributed by atoms with Crippen LogP contribution in [0, 0.1) is 7.14 Å².